The van der Waals surface area contributed by atoms with Crippen LogP contribution in [0.25, 0.3) is 11.5 Å². The number of amides is 2. The molecule has 1 fully saturated rings. The molecule has 2 heterocycles. The second-order valence-corrected chi connectivity index (χ2v) is 7.03. The summed E-state index contributed by atoms with van der Waals surface area (Å²) in [5, 5.41) is 7.98. The summed E-state index contributed by atoms with van der Waals surface area (Å²) >= 11 is 0. The van der Waals surface area contributed by atoms with E-state index in [0.29, 0.717) is 11.6 Å². The maximum absolute atomic E-state index is 12.4. The van der Waals surface area contributed by atoms with Crippen LogP contribution in [-0.2, 0) is 14.3 Å². The Labute approximate surface area is 172 Å². The molecular weight excluding hydrogens is 386 g/mol. The second kappa shape index (κ2) is 7.90. The number of aryl methyl sites for hydroxylation is 1. The maximum atomic E-state index is 12.4. The van der Waals surface area contributed by atoms with E-state index in [1.165, 1.54) is 12.1 Å². The first-order valence-electron chi connectivity index (χ1n) is 9.49. The van der Waals surface area contributed by atoms with Crippen LogP contribution in [0.3, 0.4) is 0 Å². The smallest absolute Gasteiger partial charge is 0.338 e. The highest BCUT2D eigenvalue weighted by atomic mass is 16.6. The van der Waals surface area contributed by atoms with Gasteiger partial charge < -0.3 is 9.15 Å². The zero-order valence-corrected chi connectivity index (χ0v) is 16.5. The summed E-state index contributed by atoms with van der Waals surface area (Å²) in [6.07, 6.45) is -0.338. The molecule has 3 aromatic rings. The number of carbonyl (C=O) groups excluding carboxylic acids is 3. The van der Waals surface area contributed by atoms with Crippen molar-refractivity contribution in [3.05, 3.63) is 65.5 Å². The molecule has 1 unspecified atom stereocenters. The molecule has 0 N–H and O–H groups in total. The van der Waals surface area contributed by atoms with Crippen LogP contribution in [0.1, 0.15) is 47.7 Å². The quantitative estimate of drug-likeness (QED) is 0.472. The van der Waals surface area contributed by atoms with E-state index >= 15 is 0 Å². The standard InChI is InChI=1S/C22H19N3O5/c1-13-3-5-15(6-4-13)21-24-23-20(30-21)14(2)29-22(28)16-7-9-17(10-8-16)25-18(26)11-12-19(25)27/h3-10,14H,11-12H2,1-2H3. The highest BCUT2D eigenvalue weighted by Gasteiger charge is 2.30. The van der Waals surface area contributed by atoms with Gasteiger partial charge in [0, 0.05) is 18.4 Å². The first-order chi connectivity index (χ1) is 14.4. The predicted octanol–water partition coefficient (Wildman–Crippen LogP) is 3.62. The number of nitrogens with zero attached hydrogens (tertiary/aromatic N) is 3. The molecule has 0 radical (unpaired) electrons. The van der Waals surface area contributed by atoms with E-state index in [2.05, 4.69) is 10.2 Å². The number of carbonyl (C=O) groups is 3. The fourth-order valence-corrected chi connectivity index (χ4v) is 3.10. The number of ether oxygens (including phenoxy) is 1. The summed E-state index contributed by atoms with van der Waals surface area (Å²) in [5.41, 5.74) is 2.61. The molecule has 30 heavy (non-hydrogen) atoms. The van der Waals surface area contributed by atoms with Crippen LogP contribution in [0.5, 0.6) is 0 Å². The highest BCUT2D eigenvalue weighted by molar-refractivity contribution is 6.19. The van der Waals surface area contributed by atoms with E-state index in [1.807, 2.05) is 31.2 Å². The van der Waals surface area contributed by atoms with Crippen molar-refractivity contribution in [2.75, 3.05) is 4.90 Å². The van der Waals surface area contributed by atoms with E-state index in [-0.39, 0.29) is 36.1 Å². The van der Waals surface area contributed by atoms with Crippen LogP contribution in [0, 0.1) is 6.92 Å². The molecule has 8 nitrogen and oxygen atoms in total. The minimum absolute atomic E-state index is 0.184. The van der Waals surface area contributed by atoms with Gasteiger partial charge >= 0.3 is 5.97 Å². The van der Waals surface area contributed by atoms with E-state index in [9.17, 15) is 14.4 Å². The minimum atomic E-state index is -0.745. The van der Waals surface area contributed by atoms with Gasteiger partial charge in [-0.1, -0.05) is 17.7 Å². The third-order valence-electron chi connectivity index (χ3n) is 4.78. The van der Waals surface area contributed by atoms with Gasteiger partial charge in [0.1, 0.15) is 0 Å². The van der Waals surface area contributed by atoms with Gasteiger partial charge in [-0.15, -0.1) is 10.2 Å². The Morgan fingerprint density at radius 3 is 2.27 bits per heavy atom. The Hall–Kier alpha value is -3.81. The predicted molar refractivity (Wildman–Crippen MR) is 106 cm³/mol. The zero-order valence-electron chi connectivity index (χ0n) is 16.5. The molecule has 1 atom stereocenters. The minimum Gasteiger partial charge on any atom is -0.449 e. The molecule has 1 aromatic heterocycles. The lowest BCUT2D eigenvalue weighted by molar-refractivity contribution is -0.121. The Kier molecular flexibility index (Phi) is 5.14. The normalized spacial score (nSPS) is 14.8. The Morgan fingerprint density at radius 2 is 1.63 bits per heavy atom. The van der Waals surface area contributed by atoms with Gasteiger partial charge in [0.2, 0.25) is 17.7 Å². The lowest BCUT2D eigenvalue weighted by Gasteiger charge is -2.14. The molecule has 2 aromatic carbocycles. The Morgan fingerprint density at radius 1 is 1.00 bits per heavy atom. The second-order valence-electron chi connectivity index (χ2n) is 7.03. The summed E-state index contributed by atoms with van der Waals surface area (Å²) in [5.74, 6) is -0.543. The maximum Gasteiger partial charge on any atom is 0.338 e. The summed E-state index contributed by atoms with van der Waals surface area (Å²) in [4.78, 5) is 37.2. The van der Waals surface area contributed by atoms with E-state index in [1.54, 1.807) is 19.1 Å². The van der Waals surface area contributed by atoms with Crippen LogP contribution in [-0.4, -0.2) is 28.0 Å². The zero-order chi connectivity index (χ0) is 21.3. The lowest BCUT2D eigenvalue weighted by Crippen LogP contribution is -2.28. The third kappa shape index (κ3) is 3.84. The van der Waals surface area contributed by atoms with Crippen molar-refractivity contribution in [2.45, 2.75) is 32.8 Å². The largest absolute Gasteiger partial charge is 0.449 e. The fourth-order valence-electron chi connectivity index (χ4n) is 3.10. The van der Waals surface area contributed by atoms with Gasteiger partial charge in [0.05, 0.1) is 11.3 Å². The Bertz CT molecular complexity index is 1090. The van der Waals surface area contributed by atoms with Crippen LogP contribution in [0.2, 0.25) is 0 Å². The molecule has 0 saturated carbocycles. The number of benzene rings is 2. The first-order valence-corrected chi connectivity index (χ1v) is 9.49. The van der Waals surface area contributed by atoms with Crippen LogP contribution < -0.4 is 4.90 Å². The molecule has 1 aliphatic rings. The highest BCUT2D eigenvalue weighted by Crippen LogP contribution is 2.25. The average Bonchev–Trinajstić information content (AvgIpc) is 3.36. The van der Waals surface area contributed by atoms with Crippen molar-refractivity contribution in [1.29, 1.82) is 0 Å². The van der Waals surface area contributed by atoms with Crippen LogP contribution in [0.15, 0.2) is 52.9 Å². The van der Waals surface area contributed by atoms with Crippen molar-refractivity contribution in [1.82, 2.24) is 10.2 Å². The van der Waals surface area contributed by atoms with Crippen molar-refractivity contribution >= 4 is 23.5 Å². The summed E-state index contributed by atoms with van der Waals surface area (Å²) < 4.78 is 11.1. The molecule has 1 saturated heterocycles. The van der Waals surface area contributed by atoms with Crippen molar-refractivity contribution in [3.63, 3.8) is 0 Å². The topological polar surface area (TPSA) is 103 Å². The molecule has 8 heteroatoms. The number of aromatic nitrogens is 2. The van der Waals surface area contributed by atoms with Crippen LogP contribution >= 0.6 is 0 Å². The number of imide groups is 1. The van der Waals surface area contributed by atoms with Gasteiger partial charge in [-0.3, -0.25) is 14.5 Å². The lowest BCUT2D eigenvalue weighted by atomic mass is 10.1. The molecule has 2 amide bonds. The van der Waals surface area contributed by atoms with E-state index in [0.717, 1.165) is 16.0 Å². The van der Waals surface area contributed by atoms with Gasteiger partial charge in [-0.25, -0.2) is 4.79 Å². The first kappa shape index (κ1) is 19.5. The molecule has 0 bridgehead atoms. The molecule has 4 rings (SSSR count). The van der Waals surface area contributed by atoms with E-state index < -0.39 is 12.1 Å². The number of rotatable bonds is 5. The van der Waals surface area contributed by atoms with Gasteiger partial charge in [-0.05, 0) is 50.2 Å². The van der Waals surface area contributed by atoms with Gasteiger partial charge in [0.25, 0.3) is 5.89 Å². The van der Waals surface area contributed by atoms with Crippen molar-refractivity contribution < 1.29 is 23.5 Å². The molecule has 0 aliphatic carbocycles. The van der Waals surface area contributed by atoms with E-state index in [4.69, 9.17) is 9.15 Å². The monoisotopic (exact) mass is 405 g/mol. The Balaban J connectivity index is 1.43. The average molecular weight is 405 g/mol. The van der Waals surface area contributed by atoms with Crippen molar-refractivity contribution in [2.24, 2.45) is 0 Å². The molecule has 1 aliphatic heterocycles. The number of anilines is 1. The summed E-state index contributed by atoms with van der Waals surface area (Å²) in [7, 11) is 0. The number of esters is 1. The van der Waals surface area contributed by atoms with Gasteiger partial charge in [-0.2, -0.15) is 0 Å². The SMILES string of the molecule is Cc1ccc(-c2nnc(C(C)OC(=O)c3ccc(N4C(=O)CCC4=O)cc3)o2)cc1. The summed E-state index contributed by atoms with van der Waals surface area (Å²) in [6, 6.07) is 13.7. The van der Waals surface area contributed by atoms with Gasteiger partial charge in [0.15, 0.2) is 6.10 Å². The summed E-state index contributed by atoms with van der Waals surface area (Å²) in [6.45, 7) is 3.62. The number of hydrogen-bond acceptors (Lipinski definition) is 7. The van der Waals surface area contributed by atoms with Crippen molar-refractivity contribution in [3.8, 4) is 11.5 Å². The number of hydrogen-bond donors (Lipinski definition) is 0. The van der Waals surface area contributed by atoms with Crippen LogP contribution in [0.4, 0.5) is 5.69 Å². The third-order valence-corrected chi connectivity index (χ3v) is 4.78. The molecular formula is C22H19N3O5. The molecule has 0 spiro atoms. The fraction of sp³-hybridized carbons (Fsp3) is 0.227. The molecule has 152 valence electrons.